The standard InChI is InChI=1S/C18H18N4O3.ClH/c23-18(15-7-4-12-24-15)22-10-8-21(9-11-22)13-16-19-20-17(25-16)14-5-2-1-3-6-14;/h1-7,12H,8-11,13H2;1H. The lowest BCUT2D eigenvalue weighted by atomic mass is 10.2. The van der Waals surface area contributed by atoms with Crippen molar-refractivity contribution in [1.29, 1.82) is 0 Å². The molecule has 26 heavy (non-hydrogen) atoms. The first-order valence-electron chi connectivity index (χ1n) is 8.22. The molecule has 1 aliphatic rings. The van der Waals surface area contributed by atoms with Crippen LogP contribution in [0.5, 0.6) is 0 Å². The van der Waals surface area contributed by atoms with E-state index in [1.54, 1.807) is 17.0 Å². The SMILES string of the molecule is Cl.O=C(c1ccco1)N1CCN(Cc2nnc(-c3ccccc3)o2)CC1. The number of carbonyl (C=O) groups is 1. The molecule has 1 amide bonds. The van der Waals surface area contributed by atoms with E-state index in [0.29, 0.717) is 37.2 Å². The minimum Gasteiger partial charge on any atom is -0.459 e. The Kier molecular flexibility index (Phi) is 5.70. The monoisotopic (exact) mass is 374 g/mol. The van der Waals surface area contributed by atoms with Crippen molar-refractivity contribution in [1.82, 2.24) is 20.0 Å². The fourth-order valence-corrected chi connectivity index (χ4v) is 2.87. The van der Waals surface area contributed by atoms with Crippen molar-refractivity contribution < 1.29 is 13.6 Å². The van der Waals surface area contributed by atoms with Gasteiger partial charge in [0, 0.05) is 31.7 Å². The Morgan fingerprint density at radius 1 is 1.00 bits per heavy atom. The number of hydrogen-bond acceptors (Lipinski definition) is 6. The van der Waals surface area contributed by atoms with Gasteiger partial charge in [-0.3, -0.25) is 9.69 Å². The molecule has 2 aromatic heterocycles. The molecule has 3 aromatic rings. The summed E-state index contributed by atoms with van der Waals surface area (Å²) < 4.78 is 10.9. The lowest BCUT2D eigenvalue weighted by Crippen LogP contribution is -2.48. The van der Waals surface area contributed by atoms with Crippen LogP contribution in [0.15, 0.2) is 57.6 Å². The zero-order chi connectivity index (χ0) is 17.1. The van der Waals surface area contributed by atoms with Crippen LogP contribution in [0.2, 0.25) is 0 Å². The van der Waals surface area contributed by atoms with Crippen molar-refractivity contribution in [3.05, 3.63) is 60.4 Å². The van der Waals surface area contributed by atoms with E-state index in [9.17, 15) is 4.79 Å². The topological polar surface area (TPSA) is 75.6 Å². The van der Waals surface area contributed by atoms with Crippen LogP contribution < -0.4 is 0 Å². The minimum atomic E-state index is -0.0613. The highest BCUT2D eigenvalue weighted by Gasteiger charge is 2.24. The van der Waals surface area contributed by atoms with Gasteiger partial charge in [0.2, 0.25) is 11.8 Å². The number of carbonyl (C=O) groups excluding carboxylic acids is 1. The van der Waals surface area contributed by atoms with Crippen molar-refractivity contribution in [3.8, 4) is 11.5 Å². The summed E-state index contributed by atoms with van der Waals surface area (Å²) in [6, 6.07) is 13.1. The number of furan rings is 1. The predicted octanol–water partition coefficient (Wildman–Crippen LogP) is 2.71. The van der Waals surface area contributed by atoms with Gasteiger partial charge in [0.15, 0.2) is 5.76 Å². The maximum absolute atomic E-state index is 12.3. The first-order valence-corrected chi connectivity index (χ1v) is 8.22. The van der Waals surface area contributed by atoms with Crippen molar-refractivity contribution in [2.24, 2.45) is 0 Å². The molecular weight excluding hydrogens is 356 g/mol. The fourth-order valence-electron chi connectivity index (χ4n) is 2.87. The molecule has 7 nitrogen and oxygen atoms in total. The minimum absolute atomic E-state index is 0. The maximum atomic E-state index is 12.3. The van der Waals surface area contributed by atoms with Crippen LogP contribution in [0, 0.1) is 0 Å². The summed E-state index contributed by atoms with van der Waals surface area (Å²) in [5.74, 6) is 1.44. The molecule has 136 valence electrons. The van der Waals surface area contributed by atoms with E-state index in [0.717, 1.165) is 18.7 Å². The van der Waals surface area contributed by atoms with Crippen LogP contribution in [0.3, 0.4) is 0 Å². The Balaban J connectivity index is 0.00000196. The van der Waals surface area contributed by atoms with Gasteiger partial charge in [0.05, 0.1) is 12.8 Å². The molecule has 1 aliphatic heterocycles. The zero-order valence-corrected chi connectivity index (χ0v) is 14.9. The van der Waals surface area contributed by atoms with Crippen LogP contribution in [0.25, 0.3) is 11.5 Å². The highest BCUT2D eigenvalue weighted by atomic mass is 35.5. The summed E-state index contributed by atoms with van der Waals surface area (Å²) >= 11 is 0. The van der Waals surface area contributed by atoms with E-state index in [2.05, 4.69) is 15.1 Å². The molecule has 1 fully saturated rings. The average molecular weight is 375 g/mol. The number of benzene rings is 1. The highest BCUT2D eigenvalue weighted by Crippen LogP contribution is 2.18. The first kappa shape index (κ1) is 18.2. The summed E-state index contributed by atoms with van der Waals surface area (Å²) in [6.45, 7) is 3.41. The van der Waals surface area contributed by atoms with Crippen LogP contribution in [0.1, 0.15) is 16.4 Å². The molecule has 0 spiro atoms. The number of rotatable bonds is 4. The number of halogens is 1. The van der Waals surface area contributed by atoms with Gasteiger partial charge in [-0.1, -0.05) is 18.2 Å². The molecule has 0 radical (unpaired) electrons. The second kappa shape index (κ2) is 8.16. The number of piperazine rings is 1. The molecule has 0 atom stereocenters. The molecule has 0 bridgehead atoms. The Morgan fingerprint density at radius 2 is 1.77 bits per heavy atom. The van der Waals surface area contributed by atoms with E-state index in [1.807, 2.05) is 30.3 Å². The molecule has 0 unspecified atom stereocenters. The molecule has 4 rings (SSSR count). The van der Waals surface area contributed by atoms with Crippen molar-refractivity contribution in [2.75, 3.05) is 26.2 Å². The lowest BCUT2D eigenvalue weighted by molar-refractivity contribution is 0.0588. The lowest BCUT2D eigenvalue weighted by Gasteiger charge is -2.33. The van der Waals surface area contributed by atoms with E-state index < -0.39 is 0 Å². The van der Waals surface area contributed by atoms with Gasteiger partial charge in [-0.05, 0) is 24.3 Å². The fraction of sp³-hybridized carbons (Fsp3) is 0.278. The highest BCUT2D eigenvalue weighted by molar-refractivity contribution is 5.91. The Bertz CT molecular complexity index is 827. The summed E-state index contributed by atoms with van der Waals surface area (Å²) in [4.78, 5) is 16.3. The van der Waals surface area contributed by atoms with Crippen molar-refractivity contribution in [3.63, 3.8) is 0 Å². The van der Waals surface area contributed by atoms with Crippen LogP contribution in [-0.2, 0) is 6.54 Å². The average Bonchev–Trinajstić information content (AvgIpc) is 3.35. The van der Waals surface area contributed by atoms with Crippen LogP contribution >= 0.6 is 12.4 Å². The largest absolute Gasteiger partial charge is 0.459 e. The molecular formula is C18H19ClN4O3. The quantitative estimate of drug-likeness (QED) is 0.699. The number of hydrogen-bond donors (Lipinski definition) is 0. The van der Waals surface area contributed by atoms with Crippen molar-refractivity contribution >= 4 is 18.3 Å². The van der Waals surface area contributed by atoms with Gasteiger partial charge in [0.25, 0.3) is 5.91 Å². The Hall–Kier alpha value is -2.64. The number of amides is 1. The van der Waals surface area contributed by atoms with Gasteiger partial charge in [-0.25, -0.2) is 0 Å². The molecule has 1 aromatic carbocycles. The third-order valence-electron chi connectivity index (χ3n) is 4.24. The molecule has 1 saturated heterocycles. The predicted molar refractivity (Wildman–Crippen MR) is 96.9 cm³/mol. The normalized spacial score (nSPS) is 14.8. The Labute approximate surface area is 157 Å². The van der Waals surface area contributed by atoms with E-state index in [1.165, 1.54) is 6.26 Å². The molecule has 0 saturated carbocycles. The second-order valence-electron chi connectivity index (χ2n) is 5.91. The number of nitrogens with zero attached hydrogens (tertiary/aromatic N) is 4. The first-order chi connectivity index (χ1) is 12.3. The van der Waals surface area contributed by atoms with E-state index >= 15 is 0 Å². The Morgan fingerprint density at radius 3 is 2.46 bits per heavy atom. The third-order valence-corrected chi connectivity index (χ3v) is 4.24. The molecule has 8 heteroatoms. The second-order valence-corrected chi connectivity index (χ2v) is 5.91. The molecule has 0 N–H and O–H groups in total. The van der Waals surface area contributed by atoms with Gasteiger partial charge >= 0.3 is 0 Å². The van der Waals surface area contributed by atoms with E-state index in [4.69, 9.17) is 8.83 Å². The summed E-state index contributed by atoms with van der Waals surface area (Å²) in [6.07, 6.45) is 1.52. The van der Waals surface area contributed by atoms with Gasteiger partial charge in [-0.2, -0.15) is 0 Å². The number of aromatic nitrogens is 2. The van der Waals surface area contributed by atoms with Gasteiger partial charge in [0.1, 0.15) is 0 Å². The summed E-state index contributed by atoms with van der Waals surface area (Å²) in [5, 5.41) is 8.24. The van der Waals surface area contributed by atoms with Gasteiger partial charge in [-0.15, -0.1) is 22.6 Å². The molecule has 0 aliphatic carbocycles. The summed E-state index contributed by atoms with van der Waals surface area (Å²) in [7, 11) is 0. The zero-order valence-electron chi connectivity index (χ0n) is 14.1. The summed E-state index contributed by atoms with van der Waals surface area (Å²) in [5.41, 5.74) is 0.912. The maximum Gasteiger partial charge on any atom is 0.289 e. The van der Waals surface area contributed by atoms with E-state index in [-0.39, 0.29) is 18.3 Å². The third kappa shape index (κ3) is 3.95. The molecule has 3 heterocycles. The van der Waals surface area contributed by atoms with Crippen molar-refractivity contribution in [2.45, 2.75) is 6.54 Å². The van der Waals surface area contributed by atoms with Gasteiger partial charge < -0.3 is 13.7 Å². The van der Waals surface area contributed by atoms with Crippen LogP contribution in [0.4, 0.5) is 0 Å². The van der Waals surface area contributed by atoms with Crippen LogP contribution in [-0.4, -0.2) is 52.1 Å². The smallest absolute Gasteiger partial charge is 0.289 e.